The van der Waals surface area contributed by atoms with E-state index in [1.54, 1.807) is 14.0 Å². The predicted octanol–water partition coefficient (Wildman–Crippen LogP) is 1.35. The maximum Gasteiger partial charge on any atom is 0.264 e. The standard InChI is InChI=1S/C7H6ClN3OS/c1-3-4-5(13-10-3)9-7(8)11(2)6(4)12/h1-2H3. The van der Waals surface area contributed by atoms with E-state index in [0.29, 0.717) is 15.9 Å². The van der Waals surface area contributed by atoms with Crippen LogP contribution in [0.2, 0.25) is 5.28 Å². The van der Waals surface area contributed by atoms with Crippen molar-refractivity contribution in [3.05, 3.63) is 21.3 Å². The van der Waals surface area contributed by atoms with E-state index in [1.165, 1.54) is 16.1 Å². The predicted molar refractivity (Wildman–Crippen MR) is 52.4 cm³/mol. The molecule has 13 heavy (non-hydrogen) atoms. The van der Waals surface area contributed by atoms with Gasteiger partial charge in [0.25, 0.3) is 5.56 Å². The topological polar surface area (TPSA) is 47.8 Å². The zero-order valence-electron chi connectivity index (χ0n) is 7.04. The van der Waals surface area contributed by atoms with Crippen LogP contribution in [0.5, 0.6) is 0 Å². The van der Waals surface area contributed by atoms with Crippen LogP contribution < -0.4 is 5.56 Å². The molecular formula is C7H6ClN3OS. The summed E-state index contributed by atoms with van der Waals surface area (Å²) in [4.78, 5) is 16.3. The molecule has 6 heteroatoms. The van der Waals surface area contributed by atoms with Crippen LogP contribution >= 0.6 is 23.1 Å². The summed E-state index contributed by atoms with van der Waals surface area (Å²) >= 11 is 6.93. The van der Waals surface area contributed by atoms with Gasteiger partial charge in [0.15, 0.2) is 4.83 Å². The molecule has 4 nitrogen and oxygen atoms in total. The zero-order valence-corrected chi connectivity index (χ0v) is 8.61. The largest absolute Gasteiger partial charge is 0.286 e. The van der Waals surface area contributed by atoms with Crippen LogP contribution in [-0.4, -0.2) is 13.9 Å². The minimum absolute atomic E-state index is 0.138. The molecule has 0 fully saturated rings. The highest BCUT2D eigenvalue weighted by Crippen LogP contribution is 2.17. The SMILES string of the molecule is Cc1nsc2nc(Cl)n(C)c(=O)c12. The molecule has 68 valence electrons. The molecule has 2 rings (SSSR count). The average Bonchev–Trinajstić information content (AvgIpc) is 2.43. The number of aryl methyl sites for hydroxylation is 1. The molecule has 0 saturated carbocycles. The first-order valence-corrected chi connectivity index (χ1v) is 4.75. The van der Waals surface area contributed by atoms with E-state index >= 15 is 0 Å². The zero-order chi connectivity index (χ0) is 9.59. The van der Waals surface area contributed by atoms with Gasteiger partial charge in [-0.25, -0.2) is 4.98 Å². The van der Waals surface area contributed by atoms with Crippen molar-refractivity contribution in [3.63, 3.8) is 0 Å². The van der Waals surface area contributed by atoms with Crippen molar-refractivity contribution in [2.24, 2.45) is 7.05 Å². The third-order valence-corrected chi connectivity index (χ3v) is 3.01. The van der Waals surface area contributed by atoms with Gasteiger partial charge in [-0.05, 0) is 30.1 Å². The van der Waals surface area contributed by atoms with Gasteiger partial charge >= 0.3 is 0 Å². The lowest BCUT2D eigenvalue weighted by Gasteiger charge is -1.98. The second-order valence-electron chi connectivity index (χ2n) is 2.69. The molecule has 0 amide bonds. The third kappa shape index (κ3) is 1.15. The Morgan fingerprint density at radius 1 is 1.54 bits per heavy atom. The molecule has 0 aliphatic rings. The van der Waals surface area contributed by atoms with Crippen LogP contribution in [0.25, 0.3) is 10.2 Å². The molecule has 0 aromatic carbocycles. The first kappa shape index (κ1) is 8.65. The Labute approximate surface area is 83.0 Å². The number of hydrogen-bond acceptors (Lipinski definition) is 4. The lowest BCUT2D eigenvalue weighted by Crippen LogP contribution is -2.18. The first-order chi connectivity index (χ1) is 6.11. The summed E-state index contributed by atoms with van der Waals surface area (Å²) in [7, 11) is 1.59. The number of hydrogen-bond donors (Lipinski definition) is 0. The van der Waals surface area contributed by atoms with E-state index in [0.717, 1.165) is 0 Å². The summed E-state index contributed by atoms with van der Waals surface area (Å²) in [5.41, 5.74) is 0.575. The Hall–Kier alpha value is -0.940. The molecule has 0 spiro atoms. The summed E-state index contributed by atoms with van der Waals surface area (Å²) in [6, 6.07) is 0. The first-order valence-electron chi connectivity index (χ1n) is 3.60. The van der Waals surface area contributed by atoms with Gasteiger partial charge in [0.05, 0.1) is 11.1 Å². The summed E-state index contributed by atoms with van der Waals surface area (Å²) in [5, 5.41) is 0.762. The Morgan fingerprint density at radius 2 is 2.23 bits per heavy atom. The Morgan fingerprint density at radius 3 is 2.92 bits per heavy atom. The molecular weight excluding hydrogens is 210 g/mol. The number of fused-ring (bicyclic) bond motifs is 1. The van der Waals surface area contributed by atoms with E-state index in [4.69, 9.17) is 11.6 Å². The van der Waals surface area contributed by atoms with Crippen molar-refractivity contribution >= 4 is 33.4 Å². The molecule has 0 saturated heterocycles. The van der Waals surface area contributed by atoms with Gasteiger partial charge in [-0.15, -0.1) is 0 Å². The lowest BCUT2D eigenvalue weighted by atomic mass is 10.3. The van der Waals surface area contributed by atoms with Gasteiger partial charge in [0, 0.05) is 7.05 Å². The van der Waals surface area contributed by atoms with E-state index in [1.807, 2.05) is 0 Å². The smallest absolute Gasteiger partial charge is 0.264 e. The maximum absolute atomic E-state index is 11.6. The van der Waals surface area contributed by atoms with Gasteiger partial charge in [0.2, 0.25) is 5.28 Å². The fourth-order valence-electron chi connectivity index (χ4n) is 1.09. The van der Waals surface area contributed by atoms with Crippen molar-refractivity contribution in [1.29, 1.82) is 0 Å². The summed E-state index contributed by atoms with van der Waals surface area (Å²) in [5.74, 6) is 0. The van der Waals surface area contributed by atoms with Gasteiger partial charge < -0.3 is 0 Å². The van der Waals surface area contributed by atoms with Crippen LogP contribution in [0.4, 0.5) is 0 Å². The Bertz CT molecular complexity index is 530. The quantitative estimate of drug-likeness (QED) is 0.624. The summed E-state index contributed by atoms with van der Waals surface area (Å²) in [6.07, 6.45) is 0. The van der Waals surface area contributed by atoms with Gasteiger partial charge in [-0.1, -0.05) is 0 Å². The normalized spacial score (nSPS) is 11.0. The monoisotopic (exact) mass is 215 g/mol. The van der Waals surface area contributed by atoms with Crippen molar-refractivity contribution in [3.8, 4) is 0 Å². The fourth-order valence-corrected chi connectivity index (χ4v) is 2.07. The van der Waals surface area contributed by atoms with Crippen molar-refractivity contribution in [2.45, 2.75) is 6.92 Å². The minimum Gasteiger partial charge on any atom is -0.286 e. The number of aromatic nitrogens is 3. The van der Waals surface area contributed by atoms with Crippen LogP contribution in [-0.2, 0) is 7.05 Å². The second-order valence-corrected chi connectivity index (χ2v) is 3.78. The molecule has 2 aromatic heterocycles. The number of halogens is 1. The van der Waals surface area contributed by atoms with Crippen LogP contribution in [0.3, 0.4) is 0 Å². The third-order valence-electron chi connectivity index (χ3n) is 1.83. The molecule has 0 atom stereocenters. The molecule has 0 aliphatic heterocycles. The highest BCUT2D eigenvalue weighted by atomic mass is 35.5. The molecule has 0 radical (unpaired) electrons. The van der Waals surface area contributed by atoms with Crippen molar-refractivity contribution in [1.82, 2.24) is 13.9 Å². The van der Waals surface area contributed by atoms with Crippen LogP contribution in [0.15, 0.2) is 4.79 Å². The van der Waals surface area contributed by atoms with Crippen LogP contribution in [0, 0.1) is 6.92 Å². The molecule has 2 heterocycles. The molecule has 0 N–H and O–H groups in total. The lowest BCUT2D eigenvalue weighted by molar-refractivity contribution is 0.845. The number of nitrogens with zero attached hydrogens (tertiary/aromatic N) is 3. The second kappa shape index (κ2) is 2.78. The van der Waals surface area contributed by atoms with Gasteiger partial charge in [0.1, 0.15) is 0 Å². The van der Waals surface area contributed by atoms with E-state index < -0.39 is 0 Å². The Kier molecular flexibility index (Phi) is 1.85. The van der Waals surface area contributed by atoms with Gasteiger partial charge in [-0.3, -0.25) is 9.36 Å². The average molecular weight is 216 g/mol. The molecule has 0 aliphatic carbocycles. The van der Waals surface area contributed by atoms with E-state index in [9.17, 15) is 4.79 Å². The highest BCUT2D eigenvalue weighted by molar-refractivity contribution is 7.12. The Balaban J connectivity index is 3.06. The summed E-state index contributed by atoms with van der Waals surface area (Å²) < 4.78 is 5.36. The van der Waals surface area contributed by atoms with E-state index in [-0.39, 0.29) is 10.8 Å². The molecule has 2 aromatic rings. The van der Waals surface area contributed by atoms with Crippen molar-refractivity contribution in [2.75, 3.05) is 0 Å². The molecule has 0 bridgehead atoms. The minimum atomic E-state index is -0.138. The fraction of sp³-hybridized carbons (Fsp3) is 0.286. The van der Waals surface area contributed by atoms with E-state index in [2.05, 4.69) is 9.36 Å². The van der Waals surface area contributed by atoms with Gasteiger partial charge in [-0.2, -0.15) is 4.37 Å². The number of rotatable bonds is 0. The molecule has 0 unspecified atom stereocenters. The summed E-state index contributed by atoms with van der Waals surface area (Å²) in [6.45, 7) is 1.79. The van der Waals surface area contributed by atoms with Crippen LogP contribution in [0.1, 0.15) is 5.69 Å². The highest BCUT2D eigenvalue weighted by Gasteiger charge is 2.11. The maximum atomic E-state index is 11.6. The van der Waals surface area contributed by atoms with Crippen molar-refractivity contribution < 1.29 is 0 Å².